The minimum atomic E-state index is -0.490. The second kappa shape index (κ2) is 5.75. The van der Waals surface area contributed by atoms with E-state index in [1.54, 1.807) is 35.9 Å². The number of carbonyl (C=O) groups is 1. The highest BCUT2D eigenvalue weighted by molar-refractivity contribution is 7.10. The fraction of sp³-hybridized carbons (Fsp3) is 0.118. The summed E-state index contributed by atoms with van der Waals surface area (Å²) in [5.41, 5.74) is 7.53. The standard InChI is InChI=1S/C17H15N5O2S/c1-9-13(15(18)24)14(12-3-2-8-25-12)22-17(19-9)20-16(21-22)10-4-6-11(23)7-5-10/h2-8,14,23H,1H3,(H2,18,24)(H,19,20,21). The Morgan fingerprint density at radius 3 is 2.72 bits per heavy atom. The zero-order valence-corrected chi connectivity index (χ0v) is 14.1. The molecule has 3 aromatic rings. The number of thiophene rings is 1. The van der Waals surface area contributed by atoms with Crippen LogP contribution in [-0.4, -0.2) is 25.8 Å². The van der Waals surface area contributed by atoms with Gasteiger partial charge in [-0.15, -0.1) is 16.4 Å². The van der Waals surface area contributed by atoms with E-state index in [1.165, 1.54) is 11.3 Å². The predicted molar refractivity (Wildman–Crippen MR) is 95.1 cm³/mol. The van der Waals surface area contributed by atoms with E-state index in [9.17, 15) is 9.90 Å². The van der Waals surface area contributed by atoms with Crippen molar-refractivity contribution in [1.82, 2.24) is 14.8 Å². The molecule has 1 atom stereocenters. The van der Waals surface area contributed by atoms with Gasteiger partial charge in [-0.05, 0) is 42.6 Å². The van der Waals surface area contributed by atoms with E-state index in [2.05, 4.69) is 15.4 Å². The van der Waals surface area contributed by atoms with Gasteiger partial charge < -0.3 is 16.2 Å². The molecule has 0 saturated heterocycles. The summed E-state index contributed by atoms with van der Waals surface area (Å²) >= 11 is 1.53. The van der Waals surface area contributed by atoms with Gasteiger partial charge in [-0.1, -0.05) is 6.07 Å². The van der Waals surface area contributed by atoms with Crippen LogP contribution >= 0.6 is 11.3 Å². The number of nitrogens with zero attached hydrogens (tertiary/aromatic N) is 3. The summed E-state index contributed by atoms with van der Waals surface area (Å²) in [6.45, 7) is 1.80. The number of aromatic hydroxyl groups is 1. The van der Waals surface area contributed by atoms with E-state index in [4.69, 9.17) is 5.73 Å². The molecule has 8 heteroatoms. The van der Waals surface area contributed by atoms with E-state index in [1.807, 2.05) is 17.5 Å². The number of phenols is 1. The Bertz CT molecular complexity index is 973. The summed E-state index contributed by atoms with van der Waals surface area (Å²) in [6, 6.07) is 10.1. The fourth-order valence-corrected chi connectivity index (χ4v) is 3.73. The minimum Gasteiger partial charge on any atom is -0.508 e. The number of benzene rings is 1. The minimum absolute atomic E-state index is 0.177. The first kappa shape index (κ1) is 15.4. The molecule has 0 aliphatic carbocycles. The van der Waals surface area contributed by atoms with E-state index in [-0.39, 0.29) is 5.75 Å². The largest absolute Gasteiger partial charge is 0.508 e. The van der Waals surface area contributed by atoms with Crippen LogP contribution in [0.2, 0.25) is 0 Å². The zero-order valence-electron chi connectivity index (χ0n) is 13.3. The van der Waals surface area contributed by atoms with Crippen LogP contribution in [0.15, 0.2) is 53.0 Å². The summed E-state index contributed by atoms with van der Waals surface area (Å²) in [5, 5.41) is 19.1. The van der Waals surface area contributed by atoms with Gasteiger partial charge in [0, 0.05) is 16.1 Å². The number of hydrogen-bond donors (Lipinski definition) is 3. The van der Waals surface area contributed by atoms with Gasteiger partial charge in [-0.2, -0.15) is 4.98 Å². The topological polar surface area (TPSA) is 106 Å². The quantitative estimate of drug-likeness (QED) is 0.671. The molecule has 126 valence electrons. The maximum atomic E-state index is 12.0. The number of primary amides is 1. The van der Waals surface area contributed by atoms with Gasteiger partial charge in [0.25, 0.3) is 0 Å². The summed E-state index contributed by atoms with van der Waals surface area (Å²) in [7, 11) is 0. The van der Waals surface area contributed by atoms with Crippen molar-refractivity contribution in [3.63, 3.8) is 0 Å². The molecule has 1 aromatic carbocycles. The molecular weight excluding hydrogens is 338 g/mol. The van der Waals surface area contributed by atoms with Gasteiger partial charge in [0.2, 0.25) is 11.9 Å². The van der Waals surface area contributed by atoms with Gasteiger partial charge in [0.05, 0.1) is 5.57 Å². The van der Waals surface area contributed by atoms with Crippen LogP contribution in [0.3, 0.4) is 0 Å². The molecule has 7 nitrogen and oxygen atoms in total. The average molecular weight is 353 g/mol. The Morgan fingerprint density at radius 2 is 2.08 bits per heavy atom. The van der Waals surface area contributed by atoms with Crippen molar-refractivity contribution in [2.75, 3.05) is 5.32 Å². The first-order valence-corrected chi connectivity index (χ1v) is 8.49. The number of nitrogens with one attached hydrogen (secondary N) is 1. The molecule has 4 rings (SSSR count). The number of hydrogen-bond acceptors (Lipinski definition) is 6. The first-order chi connectivity index (χ1) is 12.0. The van der Waals surface area contributed by atoms with Crippen molar-refractivity contribution in [3.8, 4) is 17.1 Å². The Morgan fingerprint density at radius 1 is 1.32 bits per heavy atom. The molecule has 1 amide bonds. The maximum Gasteiger partial charge on any atom is 0.248 e. The summed E-state index contributed by atoms with van der Waals surface area (Å²) in [5.74, 6) is 0.734. The van der Waals surface area contributed by atoms with E-state index in [0.717, 1.165) is 10.4 Å². The number of rotatable bonds is 3. The number of phenolic OH excluding ortho intramolecular Hbond substituents is 1. The number of fused-ring (bicyclic) bond motifs is 1. The van der Waals surface area contributed by atoms with Crippen LogP contribution in [0.4, 0.5) is 5.95 Å². The monoisotopic (exact) mass is 353 g/mol. The molecular formula is C17H15N5O2S. The molecule has 0 fully saturated rings. The predicted octanol–water partition coefficient (Wildman–Crippen LogP) is 2.49. The lowest BCUT2D eigenvalue weighted by Crippen LogP contribution is -2.31. The second-order valence-corrected chi connectivity index (χ2v) is 6.68. The number of carbonyl (C=O) groups excluding carboxylic acids is 1. The van der Waals surface area contributed by atoms with Crippen LogP contribution in [0.25, 0.3) is 11.4 Å². The fourth-order valence-electron chi connectivity index (χ4n) is 2.91. The van der Waals surface area contributed by atoms with Gasteiger partial charge in [-0.3, -0.25) is 4.79 Å². The van der Waals surface area contributed by atoms with Crippen LogP contribution in [0.5, 0.6) is 5.75 Å². The number of amides is 1. The molecule has 2 aromatic heterocycles. The van der Waals surface area contributed by atoms with Gasteiger partial charge in [-0.25, -0.2) is 4.68 Å². The van der Waals surface area contributed by atoms with Crippen molar-refractivity contribution in [2.45, 2.75) is 13.0 Å². The molecule has 1 aliphatic rings. The van der Waals surface area contributed by atoms with Crippen molar-refractivity contribution < 1.29 is 9.90 Å². The van der Waals surface area contributed by atoms with Crippen LogP contribution < -0.4 is 11.1 Å². The van der Waals surface area contributed by atoms with Crippen molar-refractivity contribution in [2.24, 2.45) is 5.73 Å². The number of aromatic nitrogens is 3. The first-order valence-electron chi connectivity index (χ1n) is 7.61. The summed E-state index contributed by atoms with van der Waals surface area (Å²) in [4.78, 5) is 17.5. The molecule has 0 bridgehead atoms. The molecule has 4 N–H and O–H groups in total. The number of nitrogens with two attached hydrogens (primary N) is 1. The van der Waals surface area contributed by atoms with Gasteiger partial charge >= 0.3 is 0 Å². The lowest BCUT2D eigenvalue weighted by Gasteiger charge is -2.26. The summed E-state index contributed by atoms with van der Waals surface area (Å²) in [6.07, 6.45) is 0. The SMILES string of the molecule is CC1=C(C(N)=O)C(c2cccs2)n2nc(-c3ccc(O)cc3)nc2N1. The average Bonchev–Trinajstić information content (AvgIpc) is 3.23. The number of allylic oxidation sites excluding steroid dienone is 1. The summed E-state index contributed by atoms with van der Waals surface area (Å²) < 4.78 is 1.68. The molecule has 1 aliphatic heterocycles. The molecule has 1 unspecified atom stereocenters. The third-order valence-corrected chi connectivity index (χ3v) is 4.98. The van der Waals surface area contributed by atoms with Crippen LogP contribution in [0, 0.1) is 0 Å². The van der Waals surface area contributed by atoms with Crippen LogP contribution in [-0.2, 0) is 4.79 Å². The second-order valence-electron chi connectivity index (χ2n) is 5.70. The smallest absolute Gasteiger partial charge is 0.248 e. The Balaban J connectivity index is 1.86. The van der Waals surface area contributed by atoms with E-state index in [0.29, 0.717) is 23.0 Å². The highest BCUT2D eigenvalue weighted by Crippen LogP contribution is 2.37. The Labute approximate surface area is 147 Å². The number of anilines is 1. The van der Waals surface area contributed by atoms with Gasteiger partial charge in [0.1, 0.15) is 11.8 Å². The maximum absolute atomic E-state index is 12.0. The lowest BCUT2D eigenvalue weighted by molar-refractivity contribution is -0.115. The molecule has 0 radical (unpaired) electrons. The van der Waals surface area contributed by atoms with E-state index >= 15 is 0 Å². The normalized spacial score (nSPS) is 16.4. The molecule has 0 saturated carbocycles. The van der Waals surface area contributed by atoms with Crippen molar-refractivity contribution in [1.29, 1.82) is 0 Å². The zero-order chi connectivity index (χ0) is 17.6. The lowest BCUT2D eigenvalue weighted by atomic mass is 10.0. The third kappa shape index (κ3) is 2.56. The third-order valence-electron chi connectivity index (χ3n) is 4.06. The molecule has 25 heavy (non-hydrogen) atoms. The van der Waals surface area contributed by atoms with Crippen LogP contribution in [0.1, 0.15) is 17.8 Å². The molecule has 0 spiro atoms. The van der Waals surface area contributed by atoms with Crippen molar-refractivity contribution in [3.05, 3.63) is 57.9 Å². The molecule has 3 heterocycles. The van der Waals surface area contributed by atoms with Crippen molar-refractivity contribution >= 4 is 23.2 Å². The highest BCUT2D eigenvalue weighted by atomic mass is 32.1. The Kier molecular flexibility index (Phi) is 3.54. The Hall–Kier alpha value is -3.13. The van der Waals surface area contributed by atoms with Gasteiger partial charge in [0.15, 0.2) is 5.82 Å². The highest BCUT2D eigenvalue weighted by Gasteiger charge is 2.33. The van der Waals surface area contributed by atoms with E-state index < -0.39 is 11.9 Å².